The Morgan fingerprint density at radius 2 is 1.59 bits per heavy atom. The Balaban J connectivity index is 1.93. The third-order valence-electron chi connectivity index (χ3n) is 4.49. The molecule has 0 aliphatic carbocycles. The molecule has 2 rings (SSSR count). The molecule has 1 aromatic carbocycles. The molecule has 1 aliphatic rings. The first-order valence-electron chi connectivity index (χ1n) is 10.6. The van der Waals surface area contributed by atoms with E-state index < -0.39 is 0 Å². The summed E-state index contributed by atoms with van der Waals surface area (Å²) in [6, 6.07) is 5.54. The van der Waals surface area contributed by atoms with Crippen molar-refractivity contribution < 1.29 is 33.2 Å². The highest BCUT2D eigenvalue weighted by atomic mass is 16.7. The highest BCUT2D eigenvalue weighted by Gasteiger charge is 2.12. The Kier molecular flexibility index (Phi) is 13.1. The number of benzene rings is 1. The van der Waals surface area contributed by atoms with Crippen molar-refractivity contribution in [3.63, 3.8) is 0 Å². The number of hydrogen-bond donors (Lipinski definition) is 1. The summed E-state index contributed by atoms with van der Waals surface area (Å²) < 4.78 is 32.0. The van der Waals surface area contributed by atoms with Crippen molar-refractivity contribution in [1.29, 1.82) is 0 Å². The van der Waals surface area contributed by atoms with Crippen LogP contribution >= 0.6 is 0 Å². The molecule has 0 unspecified atom stereocenters. The van der Waals surface area contributed by atoms with Crippen LogP contribution in [-0.4, -0.2) is 91.2 Å². The zero-order valence-corrected chi connectivity index (χ0v) is 18.9. The molecular formula is C23H34N2O7. The van der Waals surface area contributed by atoms with Gasteiger partial charge in [-0.15, -0.1) is 0 Å². The molecule has 1 heterocycles. The molecule has 1 saturated heterocycles. The minimum atomic E-state index is 0.0191. The molecule has 0 atom stereocenters. The number of amides is 1. The van der Waals surface area contributed by atoms with Gasteiger partial charge in [0, 0.05) is 46.5 Å². The molecule has 0 aromatic heterocycles. The van der Waals surface area contributed by atoms with Gasteiger partial charge in [0.25, 0.3) is 0 Å². The number of allylic oxidation sites excluding steroid dienone is 2. The first-order chi connectivity index (χ1) is 15.7. The Morgan fingerprint density at radius 3 is 2.25 bits per heavy atom. The van der Waals surface area contributed by atoms with Gasteiger partial charge in [-0.2, -0.15) is 0 Å². The van der Waals surface area contributed by atoms with Crippen LogP contribution < -0.4 is 14.8 Å². The average molecular weight is 451 g/mol. The summed E-state index contributed by atoms with van der Waals surface area (Å²) in [7, 11) is 3.23. The van der Waals surface area contributed by atoms with Gasteiger partial charge in [0.2, 0.25) is 5.91 Å². The predicted octanol–water partition coefficient (Wildman–Crippen LogP) is 1.69. The lowest BCUT2D eigenvalue weighted by Gasteiger charge is -2.26. The van der Waals surface area contributed by atoms with Crippen LogP contribution in [0.5, 0.6) is 11.5 Å². The van der Waals surface area contributed by atoms with E-state index in [9.17, 15) is 4.79 Å². The van der Waals surface area contributed by atoms with Gasteiger partial charge in [-0.1, -0.05) is 24.3 Å². The van der Waals surface area contributed by atoms with E-state index in [0.717, 1.165) is 31.7 Å². The van der Waals surface area contributed by atoms with Gasteiger partial charge < -0.3 is 38.6 Å². The van der Waals surface area contributed by atoms with Gasteiger partial charge in [-0.05, 0) is 17.7 Å². The highest BCUT2D eigenvalue weighted by Crippen LogP contribution is 2.29. The summed E-state index contributed by atoms with van der Waals surface area (Å²) >= 11 is 0. The van der Waals surface area contributed by atoms with Crippen LogP contribution in [0.4, 0.5) is 0 Å². The molecule has 0 saturated carbocycles. The second kappa shape index (κ2) is 16.2. The molecule has 1 amide bonds. The maximum absolute atomic E-state index is 12.2. The molecule has 0 bridgehead atoms. The first kappa shape index (κ1) is 25.8. The monoisotopic (exact) mass is 450 g/mol. The third-order valence-corrected chi connectivity index (χ3v) is 4.49. The fourth-order valence-electron chi connectivity index (χ4n) is 2.77. The fourth-order valence-corrected chi connectivity index (χ4v) is 2.77. The first-order valence-corrected chi connectivity index (χ1v) is 10.6. The molecule has 9 heteroatoms. The zero-order valence-electron chi connectivity index (χ0n) is 18.9. The fraction of sp³-hybridized carbons (Fsp3) is 0.522. The van der Waals surface area contributed by atoms with Crippen molar-refractivity contribution in [2.75, 3.05) is 80.4 Å². The molecule has 0 radical (unpaired) electrons. The molecule has 1 aromatic rings. The van der Waals surface area contributed by atoms with Crippen LogP contribution in [-0.2, 0) is 23.7 Å². The standard InChI is InChI=1S/C23H34N2O7/c1-27-13-15-29-18-31-21-8-7-20(17-22(21)32-19-30-16-14-28-2)5-3-4-6-23(26)25-11-9-24-10-12-25/h3-8,17,24H,9-16,18-19H2,1-2H3/b5-3+,6-4+. The molecule has 1 aliphatic heterocycles. The normalized spacial score (nSPS) is 14.4. The molecule has 0 spiro atoms. The van der Waals surface area contributed by atoms with E-state index in [1.54, 1.807) is 32.4 Å². The van der Waals surface area contributed by atoms with Crippen molar-refractivity contribution in [1.82, 2.24) is 10.2 Å². The number of rotatable bonds is 15. The van der Waals surface area contributed by atoms with Crippen LogP contribution in [0, 0.1) is 0 Å². The second-order valence-electron chi connectivity index (χ2n) is 6.83. The summed E-state index contributed by atoms with van der Waals surface area (Å²) in [5.74, 6) is 1.09. The Morgan fingerprint density at radius 1 is 0.938 bits per heavy atom. The van der Waals surface area contributed by atoms with Gasteiger partial charge in [-0.3, -0.25) is 4.79 Å². The molecule has 178 valence electrons. The van der Waals surface area contributed by atoms with Crippen LogP contribution in [0.3, 0.4) is 0 Å². The lowest BCUT2D eigenvalue weighted by molar-refractivity contribution is -0.126. The lowest BCUT2D eigenvalue weighted by atomic mass is 10.2. The number of carbonyl (C=O) groups is 1. The third kappa shape index (κ3) is 10.3. The van der Waals surface area contributed by atoms with E-state index in [2.05, 4.69) is 5.32 Å². The van der Waals surface area contributed by atoms with Crippen molar-refractivity contribution in [3.8, 4) is 11.5 Å². The lowest BCUT2D eigenvalue weighted by Crippen LogP contribution is -2.45. The quantitative estimate of drug-likeness (QED) is 0.187. The largest absolute Gasteiger partial charge is 0.464 e. The van der Waals surface area contributed by atoms with Gasteiger partial charge in [0.15, 0.2) is 25.1 Å². The van der Waals surface area contributed by atoms with Crippen LogP contribution in [0.15, 0.2) is 36.4 Å². The number of nitrogens with zero attached hydrogens (tertiary/aromatic N) is 1. The van der Waals surface area contributed by atoms with E-state index >= 15 is 0 Å². The van der Waals surface area contributed by atoms with Crippen LogP contribution in [0.2, 0.25) is 0 Å². The summed E-state index contributed by atoms with van der Waals surface area (Å²) in [6.45, 7) is 5.12. The predicted molar refractivity (Wildman–Crippen MR) is 121 cm³/mol. The van der Waals surface area contributed by atoms with Crippen molar-refractivity contribution >= 4 is 12.0 Å². The SMILES string of the molecule is COCCOCOc1ccc(/C=C/C=C/C(=O)N2CCNCC2)cc1OCOCCOC. The van der Waals surface area contributed by atoms with Crippen LogP contribution in [0.25, 0.3) is 6.08 Å². The van der Waals surface area contributed by atoms with Crippen molar-refractivity contribution in [2.45, 2.75) is 0 Å². The maximum Gasteiger partial charge on any atom is 0.246 e. The smallest absolute Gasteiger partial charge is 0.246 e. The molecular weight excluding hydrogens is 416 g/mol. The Labute approximate surface area is 189 Å². The summed E-state index contributed by atoms with van der Waals surface area (Å²) in [6.07, 6.45) is 7.03. The number of piperazine rings is 1. The number of nitrogens with one attached hydrogen (secondary N) is 1. The minimum Gasteiger partial charge on any atom is -0.464 e. The van der Waals surface area contributed by atoms with E-state index in [4.69, 9.17) is 28.4 Å². The molecule has 1 N–H and O–H groups in total. The maximum atomic E-state index is 12.2. The number of hydrogen-bond acceptors (Lipinski definition) is 8. The Bertz CT molecular complexity index is 718. The van der Waals surface area contributed by atoms with Gasteiger partial charge >= 0.3 is 0 Å². The van der Waals surface area contributed by atoms with E-state index in [0.29, 0.717) is 37.9 Å². The number of methoxy groups -OCH3 is 2. The van der Waals surface area contributed by atoms with E-state index in [1.807, 2.05) is 29.2 Å². The second-order valence-corrected chi connectivity index (χ2v) is 6.83. The topological polar surface area (TPSA) is 87.7 Å². The zero-order chi connectivity index (χ0) is 22.9. The van der Waals surface area contributed by atoms with E-state index in [-0.39, 0.29) is 19.5 Å². The van der Waals surface area contributed by atoms with Gasteiger partial charge in [-0.25, -0.2) is 0 Å². The van der Waals surface area contributed by atoms with Crippen molar-refractivity contribution in [3.05, 3.63) is 42.0 Å². The molecule has 32 heavy (non-hydrogen) atoms. The average Bonchev–Trinajstić information content (AvgIpc) is 2.83. The Hall–Kier alpha value is -2.43. The highest BCUT2D eigenvalue weighted by molar-refractivity contribution is 5.88. The number of ether oxygens (including phenoxy) is 6. The number of carbonyl (C=O) groups excluding carboxylic acids is 1. The van der Waals surface area contributed by atoms with Crippen molar-refractivity contribution in [2.24, 2.45) is 0 Å². The van der Waals surface area contributed by atoms with Gasteiger partial charge in [0.1, 0.15) is 0 Å². The summed E-state index contributed by atoms with van der Waals surface area (Å²) in [5.41, 5.74) is 0.892. The molecule has 9 nitrogen and oxygen atoms in total. The minimum absolute atomic E-state index is 0.0191. The summed E-state index contributed by atoms with van der Waals surface area (Å²) in [4.78, 5) is 14.0. The van der Waals surface area contributed by atoms with E-state index in [1.165, 1.54) is 0 Å². The summed E-state index contributed by atoms with van der Waals surface area (Å²) in [5, 5.41) is 3.23. The molecule has 1 fully saturated rings. The van der Waals surface area contributed by atoms with Crippen LogP contribution in [0.1, 0.15) is 5.56 Å². The van der Waals surface area contributed by atoms with Gasteiger partial charge in [0.05, 0.1) is 26.4 Å².